The van der Waals surface area contributed by atoms with Gasteiger partial charge in [-0.3, -0.25) is 4.79 Å². The van der Waals surface area contributed by atoms with Gasteiger partial charge in [-0.25, -0.2) is 0 Å². The van der Waals surface area contributed by atoms with E-state index in [4.69, 9.17) is 9.47 Å². The van der Waals surface area contributed by atoms with E-state index in [1.165, 1.54) is 0 Å². The second kappa shape index (κ2) is 8.53. The van der Waals surface area contributed by atoms with Gasteiger partial charge in [0.2, 0.25) is 0 Å². The van der Waals surface area contributed by atoms with Gasteiger partial charge in [0.1, 0.15) is 5.60 Å². The fourth-order valence-corrected chi connectivity index (χ4v) is 1.16. The Balaban J connectivity index is 3.28. The van der Waals surface area contributed by atoms with Crippen molar-refractivity contribution in [3.05, 3.63) is 0 Å². The number of hydrogen-bond donors (Lipinski definition) is 1. The van der Waals surface area contributed by atoms with Gasteiger partial charge in [0.25, 0.3) is 0 Å². The Morgan fingerprint density at radius 3 is 2.50 bits per heavy atom. The van der Waals surface area contributed by atoms with Crippen LogP contribution in [0.15, 0.2) is 0 Å². The number of carbonyl (C=O) groups is 1. The van der Waals surface area contributed by atoms with E-state index in [9.17, 15) is 4.79 Å². The zero-order valence-corrected chi connectivity index (χ0v) is 11.0. The fraction of sp³-hybridized carbons (Fsp3) is 0.917. The monoisotopic (exact) mass is 231 g/mol. The molecule has 0 spiro atoms. The van der Waals surface area contributed by atoms with Gasteiger partial charge in [-0.1, -0.05) is 0 Å². The first kappa shape index (κ1) is 15.4. The molecule has 0 aliphatic carbocycles. The Bertz CT molecular complexity index is 187. The maximum absolute atomic E-state index is 11.3. The fourth-order valence-electron chi connectivity index (χ4n) is 1.16. The van der Waals surface area contributed by atoms with Crippen molar-refractivity contribution < 1.29 is 14.3 Å². The van der Waals surface area contributed by atoms with E-state index in [1.54, 1.807) is 0 Å². The molecule has 16 heavy (non-hydrogen) atoms. The van der Waals surface area contributed by atoms with Gasteiger partial charge in [0, 0.05) is 19.6 Å². The molecule has 4 nitrogen and oxygen atoms in total. The first-order valence-electron chi connectivity index (χ1n) is 5.96. The first-order chi connectivity index (χ1) is 7.45. The lowest BCUT2D eigenvalue weighted by atomic mass is 10.2. The Hall–Kier alpha value is -0.610. The van der Waals surface area contributed by atoms with Crippen LogP contribution in [0.1, 0.15) is 40.5 Å². The summed E-state index contributed by atoms with van der Waals surface area (Å²) in [7, 11) is 0. The van der Waals surface area contributed by atoms with Crippen molar-refractivity contribution >= 4 is 5.97 Å². The quantitative estimate of drug-likeness (QED) is 0.510. The predicted molar refractivity (Wildman–Crippen MR) is 64.4 cm³/mol. The summed E-state index contributed by atoms with van der Waals surface area (Å²) in [5.41, 5.74) is -0.376. The van der Waals surface area contributed by atoms with Crippen molar-refractivity contribution in [2.45, 2.75) is 46.1 Å². The number of rotatable bonds is 8. The van der Waals surface area contributed by atoms with E-state index < -0.39 is 0 Å². The lowest BCUT2D eigenvalue weighted by molar-refractivity contribution is -0.154. The van der Waals surface area contributed by atoms with Crippen molar-refractivity contribution in [3.8, 4) is 0 Å². The molecule has 0 fully saturated rings. The average Bonchev–Trinajstić information content (AvgIpc) is 2.13. The summed E-state index contributed by atoms with van der Waals surface area (Å²) < 4.78 is 10.4. The van der Waals surface area contributed by atoms with Crippen molar-refractivity contribution in [2.75, 3.05) is 26.3 Å². The second-order valence-electron chi connectivity index (χ2n) is 4.64. The molecule has 0 atom stereocenters. The van der Waals surface area contributed by atoms with Gasteiger partial charge in [-0.15, -0.1) is 0 Å². The number of nitrogens with one attached hydrogen (secondary N) is 1. The highest BCUT2D eigenvalue weighted by atomic mass is 16.6. The predicted octanol–water partition coefficient (Wildman–Crippen LogP) is 1.73. The Morgan fingerprint density at radius 2 is 1.94 bits per heavy atom. The van der Waals surface area contributed by atoms with Crippen molar-refractivity contribution in [1.29, 1.82) is 0 Å². The number of ether oxygens (including phenoxy) is 2. The minimum atomic E-state index is -0.376. The van der Waals surface area contributed by atoms with Crippen LogP contribution < -0.4 is 5.32 Å². The van der Waals surface area contributed by atoms with Crippen molar-refractivity contribution in [3.63, 3.8) is 0 Å². The zero-order valence-electron chi connectivity index (χ0n) is 11.0. The molecule has 0 saturated carbocycles. The standard InChI is InChI=1S/C12H25NO3/c1-5-15-10-9-13-8-6-7-11(14)16-12(2,3)4/h13H,5-10H2,1-4H3. The second-order valence-corrected chi connectivity index (χ2v) is 4.64. The normalized spacial score (nSPS) is 11.5. The number of esters is 1. The van der Waals surface area contributed by atoms with Gasteiger partial charge in [0.15, 0.2) is 0 Å². The minimum Gasteiger partial charge on any atom is -0.460 e. The molecule has 0 unspecified atom stereocenters. The summed E-state index contributed by atoms with van der Waals surface area (Å²) in [5.74, 6) is -0.126. The van der Waals surface area contributed by atoms with E-state index in [2.05, 4.69) is 5.32 Å². The van der Waals surface area contributed by atoms with Crippen LogP contribution >= 0.6 is 0 Å². The third-order valence-corrected chi connectivity index (χ3v) is 1.78. The van der Waals surface area contributed by atoms with E-state index in [0.717, 1.165) is 32.7 Å². The average molecular weight is 231 g/mol. The van der Waals surface area contributed by atoms with E-state index in [1.807, 2.05) is 27.7 Å². The van der Waals surface area contributed by atoms with Crippen molar-refractivity contribution in [2.24, 2.45) is 0 Å². The molecule has 0 aliphatic rings. The van der Waals surface area contributed by atoms with Crippen LogP contribution in [0.5, 0.6) is 0 Å². The molecular formula is C12H25NO3. The van der Waals surface area contributed by atoms with E-state index >= 15 is 0 Å². The van der Waals surface area contributed by atoms with Crippen LogP contribution in [-0.2, 0) is 14.3 Å². The molecule has 1 N–H and O–H groups in total. The van der Waals surface area contributed by atoms with Crippen molar-refractivity contribution in [1.82, 2.24) is 5.32 Å². The number of carbonyl (C=O) groups excluding carboxylic acids is 1. The lowest BCUT2D eigenvalue weighted by Gasteiger charge is -2.19. The third kappa shape index (κ3) is 11.5. The van der Waals surface area contributed by atoms with E-state index in [-0.39, 0.29) is 11.6 Å². The third-order valence-electron chi connectivity index (χ3n) is 1.78. The van der Waals surface area contributed by atoms with Crippen LogP contribution in [0.2, 0.25) is 0 Å². The molecular weight excluding hydrogens is 206 g/mol. The summed E-state index contributed by atoms with van der Waals surface area (Å²) in [4.78, 5) is 11.3. The summed E-state index contributed by atoms with van der Waals surface area (Å²) in [6.45, 7) is 10.8. The first-order valence-corrected chi connectivity index (χ1v) is 5.96. The molecule has 0 bridgehead atoms. The molecule has 0 aromatic rings. The molecule has 0 radical (unpaired) electrons. The van der Waals surface area contributed by atoms with Crippen LogP contribution in [-0.4, -0.2) is 37.9 Å². The lowest BCUT2D eigenvalue weighted by Crippen LogP contribution is -2.25. The van der Waals surface area contributed by atoms with Crippen LogP contribution in [0, 0.1) is 0 Å². The number of hydrogen-bond acceptors (Lipinski definition) is 4. The summed E-state index contributed by atoms with van der Waals surface area (Å²) in [5, 5.41) is 3.21. The largest absolute Gasteiger partial charge is 0.460 e. The molecule has 4 heteroatoms. The molecule has 0 rings (SSSR count). The Kier molecular flexibility index (Phi) is 8.21. The molecule has 96 valence electrons. The van der Waals surface area contributed by atoms with Gasteiger partial charge in [-0.05, 0) is 40.7 Å². The van der Waals surface area contributed by atoms with Crippen LogP contribution in [0.25, 0.3) is 0 Å². The molecule has 0 amide bonds. The summed E-state index contributed by atoms with van der Waals surface area (Å²) >= 11 is 0. The Morgan fingerprint density at radius 1 is 1.25 bits per heavy atom. The summed E-state index contributed by atoms with van der Waals surface area (Å²) in [6, 6.07) is 0. The van der Waals surface area contributed by atoms with E-state index in [0.29, 0.717) is 6.42 Å². The summed E-state index contributed by atoms with van der Waals surface area (Å²) in [6.07, 6.45) is 1.28. The highest BCUT2D eigenvalue weighted by molar-refractivity contribution is 5.69. The Labute approximate surface area is 98.7 Å². The SMILES string of the molecule is CCOCCNCCCC(=O)OC(C)(C)C. The van der Waals surface area contributed by atoms with Gasteiger partial charge in [0.05, 0.1) is 6.61 Å². The van der Waals surface area contributed by atoms with Crippen LogP contribution in [0.3, 0.4) is 0 Å². The zero-order chi connectivity index (χ0) is 12.4. The maximum Gasteiger partial charge on any atom is 0.306 e. The highest BCUT2D eigenvalue weighted by Gasteiger charge is 2.15. The minimum absolute atomic E-state index is 0.126. The van der Waals surface area contributed by atoms with Gasteiger partial charge < -0.3 is 14.8 Å². The molecule has 0 saturated heterocycles. The van der Waals surface area contributed by atoms with Gasteiger partial charge in [-0.2, -0.15) is 0 Å². The highest BCUT2D eigenvalue weighted by Crippen LogP contribution is 2.08. The smallest absolute Gasteiger partial charge is 0.306 e. The maximum atomic E-state index is 11.3. The molecule has 0 aromatic heterocycles. The molecule has 0 heterocycles. The molecule has 0 aromatic carbocycles. The topological polar surface area (TPSA) is 47.6 Å². The molecule has 0 aliphatic heterocycles. The van der Waals surface area contributed by atoms with Crippen LogP contribution in [0.4, 0.5) is 0 Å². The van der Waals surface area contributed by atoms with Gasteiger partial charge >= 0.3 is 5.97 Å².